The van der Waals surface area contributed by atoms with Crippen LogP contribution < -0.4 is 10.3 Å². The maximum Gasteiger partial charge on any atom is 0.274 e. The molecule has 122 valence electrons. The van der Waals surface area contributed by atoms with E-state index in [9.17, 15) is 9.59 Å². The normalized spacial score (nSPS) is 16.7. The molecule has 24 heavy (non-hydrogen) atoms. The Labute approximate surface area is 137 Å². The van der Waals surface area contributed by atoms with Gasteiger partial charge in [0.05, 0.1) is 18.2 Å². The molecule has 8 nitrogen and oxygen atoms in total. The molecule has 3 heterocycles. The summed E-state index contributed by atoms with van der Waals surface area (Å²) in [4.78, 5) is 29.5. The highest BCUT2D eigenvalue weighted by atomic mass is 16.5. The number of rotatable bonds is 3. The van der Waals surface area contributed by atoms with E-state index in [-0.39, 0.29) is 23.3 Å². The van der Waals surface area contributed by atoms with E-state index in [1.807, 2.05) is 6.07 Å². The Balaban J connectivity index is 1.66. The number of carbonyl (C=O) groups is 1. The molecule has 1 aliphatic rings. The maximum absolute atomic E-state index is 12.4. The van der Waals surface area contributed by atoms with Gasteiger partial charge >= 0.3 is 0 Å². The molecule has 2 aromatic heterocycles. The molecule has 1 fully saturated rings. The van der Waals surface area contributed by atoms with Gasteiger partial charge in [0.25, 0.3) is 11.5 Å². The molecular formula is C16H15N5O3. The molecule has 3 rings (SSSR count). The van der Waals surface area contributed by atoms with E-state index >= 15 is 0 Å². The summed E-state index contributed by atoms with van der Waals surface area (Å²) >= 11 is 0. The number of pyridine rings is 1. The lowest BCUT2D eigenvalue weighted by atomic mass is 10.3. The number of amides is 1. The Bertz CT molecular complexity index is 871. The monoisotopic (exact) mass is 325 g/mol. The minimum Gasteiger partial charge on any atom is -0.472 e. The van der Waals surface area contributed by atoms with Gasteiger partial charge in [-0.15, -0.1) is 0 Å². The Kier molecular flexibility index (Phi) is 4.24. The minimum atomic E-state index is -0.266. The average Bonchev–Trinajstić information content (AvgIpc) is 3.05. The van der Waals surface area contributed by atoms with Gasteiger partial charge in [0, 0.05) is 38.3 Å². The summed E-state index contributed by atoms with van der Waals surface area (Å²) in [5.41, 5.74) is 0.431. The summed E-state index contributed by atoms with van der Waals surface area (Å²) in [6.45, 7) is 0.938. The predicted molar refractivity (Wildman–Crippen MR) is 83.4 cm³/mol. The van der Waals surface area contributed by atoms with Crippen molar-refractivity contribution in [2.75, 3.05) is 13.1 Å². The van der Waals surface area contributed by atoms with E-state index in [1.54, 1.807) is 17.0 Å². The molecule has 1 atom stereocenters. The Hall–Kier alpha value is -3.21. The number of nitriles is 1. The second-order valence-corrected chi connectivity index (χ2v) is 5.45. The molecule has 0 bridgehead atoms. The second-order valence-electron chi connectivity index (χ2n) is 5.45. The van der Waals surface area contributed by atoms with E-state index in [4.69, 9.17) is 10.00 Å². The molecular weight excluding hydrogens is 310 g/mol. The smallest absolute Gasteiger partial charge is 0.274 e. The van der Waals surface area contributed by atoms with Gasteiger partial charge in [-0.05, 0) is 12.1 Å². The fraction of sp³-hybridized carbons (Fsp3) is 0.312. The highest BCUT2D eigenvalue weighted by Crippen LogP contribution is 2.18. The molecule has 0 aromatic carbocycles. The average molecular weight is 325 g/mol. The summed E-state index contributed by atoms with van der Waals surface area (Å²) in [7, 11) is 1.50. The maximum atomic E-state index is 12.4. The van der Waals surface area contributed by atoms with E-state index in [0.717, 1.165) is 4.68 Å². The topological polar surface area (TPSA) is 101 Å². The van der Waals surface area contributed by atoms with Crippen molar-refractivity contribution >= 4 is 5.91 Å². The predicted octanol–water partition coefficient (Wildman–Crippen LogP) is 0.340. The van der Waals surface area contributed by atoms with Crippen molar-refractivity contribution in [3.05, 3.63) is 52.1 Å². The van der Waals surface area contributed by atoms with Gasteiger partial charge in [0.15, 0.2) is 0 Å². The highest BCUT2D eigenvalue weighted by Gasteiger charge is 2.29. The van der Waals surface area contributed by atoms with Crippen LogP contribution in [-0.4, -0.2) is 44.8 Å². The number of nitrogens with zero attached hydrogens (tertiary/aromatic N) is 5. The zero-order valence-corrected chi connectivity index (χ0v) is 13.0. The zero-order chi connectivity index (χ0) is 17.1. The third-order valence-corrected chi connectivity index (χ3v) is 3.76. The summed E-state index contributed by atoms with van der Waals surface area (Å²) in [6, 6.07) is 7.95. The first kappa shape index (κ1) is 15.7. The lowest BCUT2D eigenvalue weighted by Gasteiger charge is -2.16. The number of carbonyl (C=O) groups excluding carboxylic acids is 1. The number of hydrogen-bond acceptors (Lipinski definition) is 6. The third kappa shape index (κ3) is 3.25. The quantitative estimate of drug-likeness (QED) is 0.806. The van der Waals surface area contributed by atoms with E-state index in [2.05, 4.69) is 10.1 Å². The molecule has 0 N–H and O–H groups in total. The third-order valence-electron chi connectivity index (χ3n) is 3.76. The van der Waals surface area contributed by atoms with Crippen LogP contribution in [0.4, 0.5) is 0 Å². The lowest BCUT2D eigenvalue weighted by molar-refractivity contribution is 0.0763. The van der Waals surface area contributed by atoms with Gasteiger partial charge < -0.3 is 9.64 Å². The van der Waals surface area contributed by atoms with Crippen LogP contribution in [0, 0.1) is 11.3 Å². The van der Waals surface area contributed by atoms with Gasteiger partial charge in [-0.25, -0.2) is 9.67 Å². The van der Waals surface area contributed by atoms with Crippen molar-refractivity contribution in [2.24, 2.45) is 7.05 Å². The molecule has 1 amide bonds. The van der Waals surface area contributed by atoms with Crippen LogP contribution in [0.3, 0.4) is 0 Å². The van der Waals surface area contributed by atoms with E-state index in [0.29, 0.717) is 31.0 Å². The standard InChI is InChI=1S/C16H15N5O3/c1-20-15(22)3-2-13(19-20)16(23)21-7-5-12(10-21)24-14-8-11(9-17)4-6-18-14/h2-4,6,8,12H,5,7,10H2,1H3. The zero-order valence-electron chi connectivity index (χ0n) is 13.0. The summed E-state index contributed by atoms with van der Waals surface area (Å²) in [5.74, 6) is 0.129. The molecule has 0 radical (unpaired) electrons. The van der Waals surface area contributed by atoms with Crippen LogP contribution in [0.25, 0.3) is 0 Å². The van der Waals surface area contributed by atoms with Crippen LogP contribution in [0.5, 0.6) is 5.88 Å². The number of hydrogen-bond donors (Lipinski definition) is 0. The SMILES string of the molecule is Cn1nc(C(=O)N2CCC(Oc3cc(C#N)ccn3)C2)ccc1=O. The van der Waals surface area contributed by atoms with Crippen molar-refractivity contribution < 1.29 is 9.53 Å². The summed E-state index contributed by atoms with van der Waals surface area (Å²) in [5, 5.41) is 12.9. The first-order valence-corrected chi connectivity index (χ1v) is 7.43. The molecule has 1 aliphatic heterocycles. The Morgan fingerprint density at radius 2 is 2.25 bits per heavy atom. The van der Waals surface area contributed by atoms with E-state index in [1.165, 1.54) is 25.4 Å². The molecule has 0 saturated carbocycles. The van der Waals surface area contributed by atoms with Crippen molar-refractivity contribution in [1.29, 1.82) is 5.26 Å². The lowest BCUT2D eigenvalue weighted by Crippen LogP contribution is -2.33. The van der Waals surface area contributed by atoms with Gasteiger partial charge in [0.1, 0.15) is 11.8 Å². The van der Waals surface area contributed by atoms with Crippen molar-refractivity contribution in [3.8, 4) is 11.9 Å². The van der Waals surface area contributed by atoms with Crippen molar-refractivity contribution in [2.45, 2.75) is 12.5 Å². The molecule has 0 aliphatic carbocycles. The Morgan fingerprint density at radius 1 is 1.42 bits per heavy atom. The highest BCUT2D eigenvalue weighted by molar-refractivity contribution is 5.92. The fourth-order valence-electron chi connectivity index (χ4n) is 2.50. The molecule has 0 spiro atoms. The number of ether oxygens (including phenoxy) is 1. The molecule has 2 aromatic rings. The first-order chi connectivity index (χ1) is 11.6. The van der Waals surface area contributed by atoms with Crippen LogP contribution in [0.15, 0.2) is 35.3 Å². The summed E-state index contributed by atoms with van der Waals surface area (Å²) < 4.78 is 6.88. The first-order valence-electron chi connectivity index (χ1n) is 7.43. The van der Waals surface area contributed by atoms with Gasteiger partial charge in [-0.2, -0.15) is 10.4 Å². The Morgan fingerprint density at radius 3 is 3.00 bits per heavy atom. The fourth-order valence-corrected chi connectivity index (χ4v) is 2.50. The van der Waals surface area contributed by atoms with Crippen molar-refractivity contribution in [3.63, 3.8) is 0 Å². The molecule has 1 unspecified atom stereocenters. The minimum absolute atomic E-state index is 0.192. The second kappa shape index (κ2) is 6.50. The van der Waals surface area contributed by atoms with Gasteiger partial charge in [0.2, 0.25) is 5.88 Å². The largest absolute Gasteiger partial charge is 0.472 e. The van der Waals surface area contributed by atoms with E-state index < -0.39 is 0 Å². The van der Waals surface area contributed by atoms with Gasteiger partial charge in [-0.1, -0.05) is 0 Å². The number of aromatic nitrogens is 3. The van der Waals surface area contributed by atoms with Crippen LogP contribution in [0.1, 0.15) is 22.5 Å². The molecule has 8 heteroatoms. The van der Waals surface area contributed by atoms with Crippen LogP contribution in [0.2, 0.25) is 0 Å². The molecule has 1 saturated heterocycles. The number of likely N-dealkylation sites (tertiary alicyclic amines) is 1. The van der Waals surface area contributed by atoms with Crippen LogP contribution >= 0.6 is 0 Å². The van der Waals surface area contributed by atoms with Crippen LogP contribution in [-0.2, 0) is 7.05 Å². The summed E-state index contributed by atoms with van der Waals surface area (Å²) in [6.07, 6.45) is 1.98. The van der Waals surface area contributed by atoms with Crippen molar-refractivity contribution in [1.82, 2.24) is 19.7 Å². The number of aryl methyl sites for hydroxylation is 1. The van der Waals surface area contributed by atoms with Gasteiger partial charge in [-0.3, -0.25) is 9.59 Å².